The number of carboxylic acid groups (broad SMARTS) is 1. The zero-order chi connectivity index (χ0) is 14.1. The van der Waals surface area contributed by atoms with Crippen LogP contribution in [0, 0.1) is 0 Å². The molecule has 0 fully saturated rings. The maximum absolute atomic E-state index is 11.6. The summed E-state index contributed by atoms with van der Waals surface area (Å²) < 4.78 is 0. The van der Waals surface area contributed by atoms with Crippen LogP contribution in [0.5, 0.6) is 0 Å². The minimum Gasteiger partial charge on any atom is -0.480 e. The minimum absolute atomic E-state index is 0.239. The molecule has 0 aromatic heterocycles. The highest BCUT2D eigenvalue weighted by molar-refractivity contribution is 5.83. The number of rotatable bonds is 8. The Morgan fingerprint density at radius 3 is 2.47 bits per heavy atom. The van der Waals surface area contributed by atoms with Crippen molar-refractivity contribution < 1.29 is 14.7 Å². The molecule has 0 aliphatic heterocycles. The molecule has 19 heavy (non-hydrogen) atoms. The second-order valence-corrected chi connectivity index (χ2v) is 4.39. The maximum Gasteiger partial charge on any atom is 0.326 e. The summed E-state index contributed by atoms with van der Waals surface area (Å²) in [6, 6.07) is 8.36. The SMILES string of the molecule is NCCCCC(=O)NC(Cc1ccccc1)C(=O)O. The van der Waals surface area contributed by atoms with Crippen LogP contribution in [0.2, 0.25) is 0 Å². The van der Waals surface area contributed by atoms with E-state index >= 15 is 0 Å². The van der Waals surface area contributed by atoms with Gasteiger partial charge in [-0.05, 0) is 24.9 Å². The Kier molecular flexibility index (Phi) is 6.60. The Morgan fingerprint density at radius 1 is 1.21 bits per heavy atom. The molecular weight excluding hydrogens is 244 g/mol. The van der Waals surface area contributed by atoms with E-state index in [-0.39, 0.29) is 5.91 Å². The van der Waals surface area contributed by atoms with Crippen molar-refractivity contribution in [3.05, 3.63) is 35.9 Å². The first-order valence-electron chi connectivity index (χ1n) is 6.39. The molecule has 0 aliphatic rings. The van der Waals surface area contributed by atoms with Crippen molar-refractivity contribution >= 4 is 11.9 Å². The molecule has 5 nitrogen and oxygen atoms in total. The molecule has 0 heterocycles. The van der Waals surface area contributed by atoms with Gasteiger partial charge in [0.2, 0.25) is 5.91 Å². The number of carbonyl (C=O) groups excluding carboxylic acids is 1. The van der Waals surface area contributed by atoms with Crippen molar-refractivity contribution in [1.82, 2.24) is 5.32 Å². The van der Waals surface area contributed by atoms with Gasteiger partial charge < -0.3 is 16.2 Å². The molecule has 0 bridgehead atoms. The van der Waals surface area contributed by atoms with Gasteiger partial charge >= 0.3 is 5.97 Å². The van der Waals surface area contributed by atoms with Gasteiger partial charge in [0.1, 0.15) is 6.04 Å². The zero-order valence-electron chi connectivity index (χ0n) is 10.8. The molecule has 104 valence electrons. The number of benzene rings is 1. The Labute approximate surface area is 112 Å². The average molecular weight is 264 g/mol. The van der Waals surface area contributed by atoms with Gasteiger partial charge in [-0.2, -0.15) is 0 Å². The molecule has 5 heteroatoms. The predicted octanol–water partition coefficient (Wildman–Crippen LogP) is 0.927. The first kappa shape index (κ1) is 15.2. The predicted molar refractivity (Wildman–Crippen MR) is 72.6 cm³/mol. The van der Waals surface area contributed by atoms with Gasteiger partial charge in [0.25, 0.3) is 0 Å². The lowest BCUT2D eigenvalue weighted by atomic mass is 10.1. The summed E-state index contributed by atoms with van der Waals surface area (Å²) in [7, 11) is 0. The highest BCUT2D eigenvalue weighted by atomic mass is 16.4. The number of carboxylic acids is 1. The molecule has 0 saturated carbocycles. The largest absolute Gasteiger partial charge is 0.480 e. The topological polar surface area (TPSA) is 92.4 Å². The summed E-state index contributed by atoms with van der Waals surface area (Å²) in [5.74, 6) is -1.26. The smallest absolute Gasteiger partial charge is 0.326 e. The number of unbranched alkanes of at least 4 members (excludes halogenated alkanes) is 1. The van der Waals surface area contributed by atoms with E-state index in [9.17, 15) is 9.59 Å². The normalized spacial score (nSPS) is 11.8. The molecule has 1 unspecified atom stereocenters. The van der Waals surface area contributed by atoms with Gasteiger partial charge in [0.15, 0.2) is 0 Å². The lowest BCUT2D eigenvalue weighted by Gasteiger charge is -2.14. The number of nitrogens with two attached hydrogens (primary N) is 1. The van der Waals surface area contributed by atoms with Gasteiger partial charge in [0, 0.05) is 12.8 Å². The number of carbonyl (C=O) groups is 2. The third kappa shape index (κ3) is 6.01. The molecule has 0 spiro atoms. The van der Waals surface area contributed by atoms with Crippen LogP contribution in [0.3, 0.4) is 0 Å². The summed E-state index contributed by atoms with van der Waals surface area (Å²) in [6.07, 6.45) is 2.05. The van der Waals surface area contributed by atoms with E-state index < -0.39 is 12.0 Å². The van der Waals surface area contributed by atoms with Crippen molar-refractivity contribution in [1.29, 1.82) is 0 Å². The van der Waals surface area contributed by atoms with E-state index in [1.165, 1.54) is 0 Å². The summed E-state index contributed by atoms with van der Waals surface area (Å²) in [5.41, 5.74) is 6.23. The number of hydrogen-bond acceptors (Lipinski definition) is 3. The van der Waals surface area contributed by atoms with Crippen LogP contribution in [0.1, 0.15) is 24.8 Å². The van der Waals surface area contributed by atoms with E-state index in [4.69, 9.17) is 10.8 Å². The number of nitrogens with one attached hydrogen (secondary N) is 1. The van der Waals surface area contributed by atoms with Gasteiger partial charge in [-0.3, -0.25) is 4.79 Å². The van der Waals surface area contributed by atoms with E-state index in [1.807, 2.05) is 30.3 Å². The second-order valence-electron chi connectivity index (χ2n) is 4.39. The molecule has 0 saturated heterocycles. The summed E-state index contributed by atoms with van der Waals surface area (Å²) in [4.78, 5) is 22.7. The number of hydrogen-bond donors (Lipinski definition) is 3. The Balaban J connectivity index is 2.49. The molecule has 1 aromatic carbocycles. The van der Waals surface area contributed by atoms with Crippen molar-refractivity contribution in [2.24, 2.45) is 5.73 Å². The quantitative estimate of drug-likeness (QED) is 0.609. The van der Waals surface area contributed by atoms with Crippen LogP contribution in [0.15, 0.2) is 30.3 Å². The lowest BCUT2D eigenvalue weighted by molar-refractivity contribution is -0.141. The number of aliphatic carboxylic acids is 1. The molecule has 1 aromatic rings. The summed E-state index contributed by atoms with van der Waals surface area (Å²) >= 11 is 0. The van der Waals surface area contributed by atoms with Gasteiger partial charge in [-0.25, -0.2) is 4.79 Å². The Hall–Kier alpha value is -1.88. The highest BCUT2D eigenvalue weighted by Crippen LogP contribution is 2.04. The number of amides is 1. The maximum atomic E-state index is 11.6. The Bertz CT molecular complexity index is 406. The minimum atomic E-state index is -1.02. The van der Waals surface area contributed by atoms with Gasteiger partial charge in [-0.1, -0.05) is 30.3 Å². The van der Waals surface area contributed by atoms with E-state index in [2.05, 4.69) is 5.32 Å². The van der Waals surface area contributed by atoms with Crippen LogP contribution >= 0.6 is 0 Å². The molecular formula is C14H20N2O3. The zero-order valence-corrected chi connectivity index (χ0v) is 10.8. The molecule has 1 amide bonds. The van der Waals surface area contributed by atoms with Crippen LogP contribution < -0.4 is 11.1 Å². The van der Waals surface area contributed by atoms with Crippen LogP contribution in [0.25, 0.3) is 0 Å². The monoisotopic (exact) mass is 264 g/mol. The van der Waals surface area contributed by atoms with E-state index in [1.54, 1.807) is 0 Å². The molecule has 0 radical (unpaired) electrons. The Morgan fingerprint density at radius 2 is 1.89 bits per heavy atom. The second kappa shape index (κ2) is 8.26. The van der Waals surface area contributed by atoms with E-state index in [0.29, 0.717) is 25.8 Å². The van der Waals surface area contributed by atoms with Crippen molar-refractivity contribution in [2.45, 2.75) is 31.7 Å². The van der Waals surface area contributed by atoms with Gasteiger partial charge in [0.05, 0.1) is 0 Å². The lowest BCUT2D eigenvalue weighted by Crippen LogP contribution is -2.42. The summed E-state index contributed by atoms with van der Waals surface area (Å²) in [6.45, 7) is 0.541. The van der Waals surface area contributed by atoms with Crippen LogP contribution in [-0.4, -0.2) is 29.6 Å². The molecule has 1 atom stereocenters. The van der Waals surface area contributed by atoms with Crippen LogP contribution in [0.4, 0.5) is 0 Å². The molecule has 1 rings (SSSR count). The first-order chi connectivity index (χ1) is 9.13. The average Bonchev–Trinajstić information content (AvgIpc) is 2.39. The fourth-order valence-corrected chi connectivity index (χ4v) is 1.75. The van der Waals surface area contributed by atoms with Crippen molar-refractivity contribution in [2.75, 3.05) is 6.54 Å². The van der Waals surface area contributed by atoms with E-state index in [0.717, 1.165) is 12.0 Å². The van der Waals surface area contributed by atoms with Crippen molar-refractivity contribution in [3.8, 4) is 0 Å². The summed E-state index contributed by atoms with van der Waals surface area (Å²) in [5, 5.41) is 11.7. The first-order valence-corrected chi connectivity index (χ1v) is 6.39. The molecule has 4 N–H and O–H groups in total. The fraction of sp³-hybridized carbons (Fsp3) is 0.429. The van der Waals surface area contributed by atoms with Gasteiger partial charge in [-0.15, -0.1) is 0 Å². The van der Waals surface area contributed by atoms with Crippen molar-refractivity contribution in [3.63, 3.8) is 0 Å². The molecule has 0 aliphatic carbocycles. The standard InChI is InChI=1S/C14H20N2O3/c15-9-5-4-8-13(17)16-12(14(18)19)10-11-6-2-1-3-7-11/h1-3,6-7,12H,4-5,8-10,15H2,(H,16,17)(H,18,19). The third-order valence-electron chi connectivity index (χ3n) is 2.77. The van der Waals surface area contributed by atoms with Crippen LogP contribution in [-0.2, 0) is 16.0 Å². The highest BCUT2D eigenvalue weighted by Gasteiger charge is 2.19. The fourth-order valence-electron chi connectivity index (χ4n) is 1.75. The third-order valence-corrected chi connectivity index (χ3v) is 2.77.